The van der Waals surface area contributed by atoms with E-state index in [2.05, 4.69) is 17.6 Å². The van der Waals surface area contributed by atoms with Gasteiger partial charge in [-0.15, -0.1) is 0 Å². The maximum Gasteiger partial charge on any atom is 0.254 e. The first-order valence-corrected chi connectivity index (χ1v) is 8.47. The van der Waals surface area contributed by atoms with Crippen LogP contribution in [0.25, 0.3) is 0 Å². The van der Waals surface area contributed by atoms with Gasteiger partial charge in [0.25, 0.3) is 5.91 Å². The highest BCUT2D eigenvalue weighted by Gasteiger charge is 2.48. The summed E-state index contributed by atoms with van der Waals surface area (Å²) in [6.07, 6.45) is 4.64. The number of aliphatic hydroxyl groups excluding tert-OH is 1. The number of hydrogen-bond donors (Lipinski definition) is 3. The molecule has 3 N–H and O–H groups in total. The molecule has 5 heteroatoms. The van der Waals surface area contributed by atoms with Gasteiger partial charge in [0.15, 0.2) is 0 Å². The molecule has 1 saturated carbocycles. The molecule has 4 nitrogen and oxygen atoms in total. The Morgan fingerprint density at radius 3 is 2.91 bits per heavy atom. The molecule has 0 spiro atoms. The van der Waals surface area contributed by atoms with Crippen LogP contribution in [0.3, 0.4) is 0 Å². The number of nitrogens with one attached hydrogen (secondary N) is 2. The molecule has 0 bridgehead atoms. The molecule has 126 valence electrons. The summed E-state index contributed by atoms with van der Waals surface area (Å²) >= 11 is 0. The molecule has 1 heterocycles. The number of amides is 1. The van der Waals surface area contributed by atoms with Gasteiger partial charge in [-0.2, -0.15) is 0 Å². The summed E-state index contributed by atoms with van der Waals surface area (Å²) in [4.78, 5) is 12.1. The molecular weight excluding hydrogens is 295 g/mol. The van der Waals surface area contributed by atoms with Crippen LogP contribution >= 0.6 is 0 Å². The predicted molar refractivity (Wildman–Crippen MR) is 86.6 cm³/mol. The molecule has 4 atom stereocenters. The van der Waals surface area contributed by atoms with Crippen LogP contribution in [0.15, 0.2) is 24.3 Å². The minimum absolute atomic E-state index is 0.0750. The number of benzene rings is 1. The number of carbonyl (C=O) groups is 1. The lowest BCUT2D eigenvalue weighted by Gasteiger charge is -2.33. The van der Waals surface area contributed by atoms with Crippen molar-refractivity contribution in [3.8, 4) is 0 Å². The fourth-order valence-corrected chi connectivity index (χ4v) is 4.09. The Kier molecular flexibility index (Phi) is 4.69. The van der Waals surface area contributed by atoms with Gasteiger partial charge in [-0.3, -0.25) is 4.79 Å². The van der Waals surface area contributed by atoms with E-state index in [0.29, 0.717) is 6.54 Å². The minimum atomic E-state index is -0.503. The smallest absolute Gasteiger partial charge is 0.254 e. The fourth-order valence-electron chi connectivity index (χ4n) is 4.09. The average molecular weight is 320 g/mol. The van der Waals surface area contributed by atoms with E-state index in [0.717, 1.165) is 32.1 Å². The van der Waals surface area contributed by atoms with Crippen LogP contribution in [0.5, 0.6) is 0 Å². The third-order valence-electron chi connectivity index (χ3n) is 5.53. The third kappa shape index (κ3) is 3.26. The quantitative estimate of drug-likeness (QED) is 0.800. The Labute approximate surface area is 136 Å². The van der Waals surface area contributed by atoms with Crippen LogP contribution in [0.1, 0.15) is 49.4 Å². The molecular formula is C18H25FN2O2. The van der Waals surface area contributed by atoms with Gasteiger partial charge in [-0.25, -0.2) is 4.39 Å². The molecule has 0 radical (unpaired) electrons. The molecule has 1 saturated heterocycles. The number of hydrogen-bond acceptors (Lipinski definition) is 3. The Balaban J connectivity index is 1.60. The summed E-state index contributed by atoms with van der Waals surface area (Å²) in [7, 11) is 0. The summed E-state index contributed by atoms with van der Waals surface area (Å²) in [6, 6.07) is 6.41. The van der Waals surface area contributed by atoms with Crippen molar-refractivity contribution in [2.75, 3.05) is 6.54 Å². The van der Waals surface area contributed by atoms with Crippen LogP contribution in [-0.4, -0.2) is 35.7 Å². The predicted octanol–water partition coefficient (Wildman–Crippen LogP) is 2.23. The summed E-state index contributed by atoms with van der Waals surface area (Å²) in [6.45, 7) is 2.59. The number of halogens is 1. The first-order chi connectivity index (χ1) is 11.0. The van der Waals surface area contributed by atoms with Crippen LogP contribution in [0, 0.1) is 11.2 Å². The number of rotatable bonds is 3. The number of aliphatic hydroxyl groups is 1. The highest BCUT2D eigenvalue weighted by molar-refractivity contribution is 5.94. The first-order valence-electron chi connectivity index (χ1n) is 8.47. The largest absolute Gasteiger partial charge is 0.392 e. The van der Waals surface area contributed by atoms with Gasteiger partial charge in [-0.05, 0) is 31.4 Å². The van der Waals surface area contributed by atoms with Gasteiger partial charge in [0, 0.05) is 24.0 Å². The average Bonchev–Trinajstić information content (AvgIpc) is 2.80. The normalized spacial score (nSPS) is 33.8. The maximum absolute atomic E-state index is 13.6. The molecule has 1 aliphatic carbocycles. The summed E-state index contributed by atoms with van der Waals surface area (Å²) in [5.41, 5.74) is -0.0601. The van der Waals surface area contributed by atoms with Crippen molar-refractivity contribution >= 4 is 5.91 Å². The third-order valence-corrected chi connectivity index (χ3v) is 5.53. The van der Waals surface area contributed by atoms with Crippen LogP contribution < -0.4 is 10.6 Å². The van der Waals surface area contributed by atoms with Crippen LogP contribution in [-0.2, 0) is 0 Å². The van der Waals surface area contributed by atoms with Crippen molar-refractivity contribution in [2.45, 2.75) is 57.2 Å². The van der Waals surface area contributed by atoms with E-state index in [1.54, 1.807) is 12.1 Å². The molecule has 1 aliphatic heterocycles. The standard InChI is InChI=1S/C18H25FN2O2/c1-18-10-12(21-15(18)8-4-5-9-16(18)22)11-20-17(23)13-6-2-3-7-14(13)19/h2-3,6-7,12,15-16,21-22H,4-5,8-11H2,1H3,(H,20,23)/t12-,15-,16+,18-/m1/s1. The van der Waals surface area contributed by atoms with Crippen molar-refractivity contribution in [3.63, 3.8) is 0 Å². The van der Waals surface area contributed by atoms with Gasteiger partial charge in [-0.1, -0.05) is 31.9 Å². The van der Waals surface area contributed by atoms with Crippen molar-refractivity contribution in [2.24, 2.45) is 5.41 Å². The lowest BCUT2D eigenvalue weighted by molar-refractivity contribution is 0.0281. The highest BCUT2D eigenvalue weighted by Crippen LogP contribution is 2.43. The SMILES string of the molecule is C[C@@]12C[C@H](CNC(=O)c3ccccc3F)N[C@@H]1CCCC[C@@H]2O. The molecule has 23 heavy (non-hydrogen) atoms. The topological polar surface area (TPSA) is 61.4 Å². The molecule has 2 aliphatic rings. The van der Waals surface area contributed by atoms with Crippen molar-refractivity contribution in [1.29, 1.82) is 0 Å². The van der Waals surface area contributed by atoms with Gasteiger partial charge < -0.3 is 15.7 Å². The minimum Gasteiger partial charge on any atom is -0.392 e. The Hall–Kier alpha value is -1.46. The molecule has 2 fully saturated rings. The van der Waals surface area contributed by atoms with Crippen LogP contribution in [0.2, 0.25) is 0 Å². The van der Waals surface area contributed by atoms with E-state index in [1.807, 2.05) is 0 Å². The molecule has 0 aromatic heterocycles. The molecule has 1 aromatic rings. The van der Waals surface area contributed by atoms with E-state index < -0.39 is 5.82 Å². The van der Waals surface area contributed by atoms with Gasteiger partial charge >= 0.3 is 0 Å². The second kappa shape index (κ2) is 6.57. The second-order valence-corrected chi connectivity index (χ2v) is 7.12. The number of carbonyl (C=O) groups excluding carboxylic acids is 1. The van der Waals surface area contributed by atoms with E-state index >= 15 is 0 Å². The van der Waals surface area contributed by atoms with Crippen molar-refractivity contribution in [1.82, 2.24) is 10.6 Å². The Bertz CT molecular complexity index is 580. The molecule has 1 amide bonds. The Morgan fingerprint density at radius 2 is 2.13 bits per heavy atom. The monoisotopic (exact) mass is 320 g/mol. The molecule has 3 rings (SSSR count). The van der Waals surface area contributed by atoms with Gasteiger partial charge in [0.05, 0.1) is 11.7 Å². The highest BCUT2D eigenvalue weighted by atomic mass is 19.1. The van der Waals surface area contributed by atoms with Gasteiger partial charge in [0.1, 0.15) is 5.82 Å². The van der Waals surface area contributed by atoms with Crippen molar-refractivity contribution < 1.29 is 14.3 Å². The number of fused-ring (bicyclic) bond motifs is 1. The molecule has 1 aromatic carbocycles. The lowest BCUT2D eigenvalue weighted by Crippen LogP contribution is -2.43. The van der Waals surface area contributed by atoms with Crippen LogP contribution in [0.4, 0.5) is 4.39 Å². The fraction of sp³-hybridized carbons (Fsp3) is 0.611. The zero-order chi connectivity index (χ0) is 16.4. The van der Waals surface area contributed by atoms with Crippen molar-refractivity contribution in [3.05, 3.63) is 35.6 Å². The first kappa shape index (κ1) is 16.4. The summed E-state index contributed by atoms with van der Waals surface area (Å²) in [5, 5.41) is 16.8. The van der Waals surface area contributed by atoms with Gasteiger partial charge in [0.2, 0.25) is 0 Å². The summed E-state index contributed by atoms with van der Waals surface area (Å²) in [5.74, 6) is -0.889. The van der Waals surface area contributed by atoms with E-state index in [9.17, 15) is 14.3 Å². The summed E-state index contributed by atoms with van der Waals surface area (Å²) < 4.78 is 13.6. The zero-order valence-corrected chi connectivity index (χ0v) is 13.5. The zero-order valence-electron chi connectivity index (χ0n) is 13.5. The molecule has 0 unspecified atom stereocenters. The lowest BCUT2D eigenvalue weighted by atomic mass is 9.75. The van der Waals surface area contributed by atoms with E-state index in [-0.39, 0.29) is 35.1 Å². The second-order valence-electron chi connectivity index (χ2n) is 7.12. The Morgan fingerprint density at radius 1 is 1.39 bits per heavy atom. The van der Waals surface area contributed by atoms with E-state index in [1.165, 1.54) is 12.1 Å². The van der Waals surface area contributed by atoms with E-state index in [4.69, 9.17) is 0 Å². The maximum atomic E-state index is 13.6.